The molecule has 106 valence electrons. The van der Waals surface area contributed by atoms with Gasteiger partial charge in [-0.15, -0.1) is 0 Å². The molecule has 20 heavy (non-hydrogen) atoms. The number of anilines is 1. The molecule has 0 fully saturated rings. The summed E-state index contributed by atoms with van der Waals surface area (Å²) in [5.41, 5.74) is 5.10. The normalized spacial score (nSPS) is 10.6. The van der Waals surface area contributed by atoms with Crippen LogP contribution >= 0.6 is 0 Å². The standard InChI is InChI=1S/C12H11F3N4O/c13-7-3-9(14)11(10(15)4-7)12(20)17-1-2-19-6-8(16)5-18-19/h3-6H,1-2,16H2,(H,17,20). The van der Waals surface area contributed by atoms with Crippen molar-refractivity contribution in [3.05, 3.63) is 47.5 Å². The Labute approximate surface area is 112 Å². The number of carbonyl (C=O) groups is 1. The average molecular weight is 284 g/mol. The highest BCUT2D eigenvalue weighted by molar-refractivity contribution is 5.94. The average Bonchev–Trinajstić information content (AvgIpc) is 2.73. The summed E-state index contributed by atoms with van der Waals surface area (Å²) < 4.78 is 40.9. The number of nitrogens with one attached hydrogen (secondary N) is 1. The molecule has 3 N–H and O–H groups in total. The number of carbonyl (C=O) groups excluding carboxylic acids is 1. The Morgan fingerprint density at radius 3 is 2.50 bits per heavy atom. The van der Waals surface area contributed by atoms with Crippen molar-refractivity contribution < 1.29 is 18.0 Å². The molecule has 0 bridgehead atoms. The van der Waals surface area contributed by atoms with Gasteiger partial charge in [-0.05, 0) is 0 Å². The first kappa shape index (κ1) is 13.9. The number of halogens is 3. The molecule has 1 aromatic heterocycles. The second-order valence-electron chi connectivity index (χ2n) is 4.04. The monoisotopic (exact) mass is 284 g/mol. The molecular weight excluding hydrogens is 273 g/mol. The van der Waals surface area contributed by atoms with E-state index in [0.29, 0.717) is 17.8 Å². The first-order chi connectivity index (χ1) is 9.47. The number of nitrogen functional groups attached to an aromatic ring is 1. The summed E-state index contributed by atoms with van der Waals surface area (Å²) in [5, 5.41) is 6.19. The third kappa shape index (κ3) is 3.08. The molecule has 5 nitrogen and oxygen atoms in total. The van der Waals surface area contributed by atoms with E-state index in [1.54, 1.807) is 6.20 Å². The number of aromatic nitrogens is 2. The third-order valence-electron chi connectivity index (χ3n) is 2.51. The molecule has 0 saturated heterocycles. The van der Waals surface area contributed by atoms with Gasteiger partial charge in [-0.2, -0.15) is 5.10 Å². The first-order valence-electron chi connectivity index (χ1n) is 5.68. The van der Waals surface area contributed by atoms with Crippen molar-refractivity contribution >= 4 is 11.6 Å². The molecular formula is C12H11F3N4O. The number of hydrogen-bond acceptors (Lipinski definition) is 3. The Morgan fingerprint density at radius 1 is 1.30 bits per heavy atom. The molecule has 1 heterocycles. The molecule has 0 unspecified atom stereocenters. The topological polar surface area (TPSA) is 72.9 Å². The Hall–Kier alpha value is -2.51. The lowest BCUT2D eigenvalue weighted by Gasteiger charge is -2.07. The summed E-state index contributed by atoms with van der Waals surface area (Å²) in [6.45, 7) is 0.379. The number of benzene rings is 1. The van der Waals surface area contributed by atoms with E-state index >= 15 is 0 Å². The van der Waals surface area contributed by atoms with Gasteiger partial charge in [0.2, 0.25) is 0 Å². The molecule has 0 radical (unpaired) electrons. The Balaban J connectivity index is 1.98. The van der Waals surface area contributed by atoms with E-state index < -0.39 is 28.9 Å². The number of amides is 1. The first-order valence-corrected chi connectivity index (χ1v) is 5.68. The van der Waals surface area contributed by atoms with E-state index in [9.17, 15) is 18.0 Å². The van der Waals surface area contributed by atoms with Crippen LogP contribution in [0, 0.1) is 17.5 Å². The van der Waals surface area contributed by atoms with Crippen LogP contribution in [0.15, 0.2) is 24.5 Å². The molecule has 8 heteroatoms. The van der Waals surface area contributed by atoms with Crippen LogP contribution in [0.5, 0.6) is 0 Å². The minimum absolute atomic E-state index is 0.0935. The van der Waals surface area contributed by atoms with E-state index in [2.05, 4.69) is 10.4 Å². The lowest BCUT2D eigenvalue weighted by molar-refractivity contribution is 0.0943. The minimum atomic E-state index is -1.25. The SMILES string of the molecule is Nc1cnn(CCNC(=O)c2c(F)cc(F)cc2F)c1. The van der Waals surface area contributed by atoms with Crippen molar-refractivity contribution in [2.24, 2.45) is 0 Å². The fourth-order valence-electron chi connectivity index (χ4n) is 1.63. The van der Waals surface area contributed by atoms with Gasteiger partial charge < -0.3 is 11.1 Å². The number of rotatable bonds is 4. The van der Waals surface area contributed by atoms with Crippen LogP contribution in [0.3, 0.4) is 0 Å². The van der Waals surface area contributed by atoms with Gasteiger partial charge in [0, 0.05) is 24.9 Å². The molecule has 0 aliphatic carbocycles. The van der Waals surface area contributed by atoms with Gasteiger partial charge in [-0.3, -0.25) is 9.48 Å². The van der Waals surface area contributed by atoms with Gasteiger partial charge >= 0.3 is 0 Å². The van der Waals surface area contributed by atoms with Crippen LogP contribution in [0.1, 0.15) is 10.4 Å². The molecule has 0 spiro atoms. The van der Waals surface area contributed by atoms with Crippen LogP contribution in [0.4, 0.5) is 18.9 Å². The maximum atomic E-state index is 13.3. The van der Waals surface area contributed by atoms with Gasteiger partial charge in [0.25, 0.3) is 5.91 Å². The molecule has 0 aliphatic rings. The fourth-order valence-corrected chi connectivity index (χ4v) is 1.63. The molecule has 1 aromatic carbocycles. The highest BCUT2D eigenvalue weighted by Gasteiger charge is 2.18. The number of nitrogens with zero attached hydrogens (tertiary/aromatic N) is 2. The van der Waals surface area contributed by atoms with Crippen LogP contribution in [0.2, 0.25) is 0 Å². The maximum absolute atomic E-state index is 13.3. The van der Waals surface area contributed by atoms with E-state index in [4.69, 9.17) is 5.73 Å². The van der Waals surface area contributed by atoms with Gasteiger partial charge in [-0.1, -0.05) is 0 Å². The van der Waals surface area contributed by atoms with Gasteiger partial charge in [0.05, 0.1) is 18.4 Å². The third-order valence-corrected chi connectivity index (χ3v) is 2.51. The Bertz CT molecular complexity index is 618. The highest BCUT2D eigenvalue weighted by atomic mass is 19.1. The van der Waals surface area contributed by atoms with Crippen LogP contribution in [-0.4, -0.2) is 22.2 Å². The van der Waals surface area contributed by atoms with Crippen LogP contribution < -0.4 is 11.1 Å². The maximum Gasteiger partial charge on any atom is 0.257 e. The summed E-state index contributed by atoms with van der Waals surface area (Å²) in [5.74, 6) is -4.53. The molecule has 0 atom stereocenters. The van der Waals surface area contributed by atoms with E-state index in [1.807, 2.05) is 0 Å². The summed E-state index contributed by atoms with van der Waals surface area (Å²) in [4.78, 5) is 11.6. The van der Waals surface area contributed by atoms with E-state index in [-0.39, 0.29) is 13.1 Å². The zero-order valence-electron chi connectivity index (χ0n) is 10.2. The molecule has 0 saturated carbocycles. The smallest absolute Gasteiger partial charge is 0.257 e. The van der Waals surface area contributed by atoms with Crippen LogP contribution in [0.25, 0.3) is 0 Å². The van der Waals surface area contributed by atoms with Crippen LogP contribution in [-0.2, 0) is 6.54 Å². The minimum Gasteiger partial charge on any atom is -0.396 e. The summed E-state index contributed by atoms with van der Waals surface area (Å²) in [6.07, 6.45) is 2.98. The molecule has 2 rings (SSSR count). The number of hydrogen-bond donors (Lipinski definition) is 2. The summed E-state index contributed by atoms with van der Waals surface area (Å²) >= 11 is 0. The zero-order chi connectivity index (χ0) is 14.7. The summed E-state index contributed by atoms with van der Waals surface area (Å²) in [6, 6.07) is 0.901. The zero-order valence-corrected chi connectivity index (χ0v) is 10.2. The van der Waals surface area contributed by atoms with Gasteiger partial charge in [0.15, 0.2) is 0 Å². The Morgan fingerprint density at radius 2 is 1.95 bits per heavy atom. The van der Waals surface area contributed by atoms with Crippen molar-refractivity contribution in [2.45, 2.75) is 6.54 Å². The fraction of sp³-hybridized carbons (Fsp3) is 0.167. The molecule has 0 aliphatic heterocycles. The second-order valence-corrected chi connectivity index (χ2v) is 4.04. The van der Waals surface area contributed by atoms with Gasteiger partial charge in [-0.25, -0.2) is 13.2 Å². The van der Waals surface area contributed by atoms with Crippen molar-refractivity contribution in [3.8, 4) is 0 Å². The van der Waals surface area contributed by atoms with Gasteiger partial charge in [0.1, 0.15) is 23.0 Å². The molecule has 2 aromatic rings. The lowest BCUT2D eigenvalue weighted by Crippen LogP contribution is -2.29. The highest BCUT2D eigenvalue weighted by Crippen LogP contribution is 2.14. The quantitative estimate of drug-likeness (QED) is 0.889. The summed E-state index contributed by atoms with van der Waals surface area (Å²) in [7, 11) is 0. The van der Waals surface area contributed by atoms with Crippen molar-refractivity contribution in [3.63, 3.8) is 0 Å². The predicted octanol–water partition coefficient (Wildman–Crippen LogP) is 1.31. The van der Waals surface area contributed by atoms with Crippen molar-refractivity contribution in [1.29, 1.82) is 0 Å². The second kappa shape index (κ2) is 5.64. The number of nitrogens with two attached hydrogens (primary N) is 1. The largest absolute Gasteiger partial charge is 0.396 e. The van der Waals surface area contributed by atoms with Crippen molar-refractivity contribution in [2.75, 3.05) is 12.3 Å². The predicted molar refractivity (Wildman–Crippen MR) is 65.3 cm³/mol. The lowest BCUT2D eigenvalue weighted by atomic mass is 10.2. The van der Waals surface area contributed by atoms with E-state index in [0.717, 1.165) is 0 Å². The van der Waals surface area contributed by atoms with E-state index in [1.165, 1.54) is 10.9 Å². The molecule has 1 amide bonds. The van der Waals surface area contributed by atoms with Crippen molar-refractivity contribution in [1.82, 2.24) is 15.1 Å². The Kier molecular flexibility index (Phi) is 3.92.